The molecule has 2 aliphatic heterocycles. The average Bonchev–Trinajstić information content (AvgIpc) is 3.27. The molecule has 1 unspecified atom stereocenters. The van der Waals surface area contributed by atoms with Gasteiger partial charge in [-0.1, -0.05) is 0 Å². The zero-order valence-corrected chi connectivity index (χ0v) is 20.6. The Morgan fingerprint density at radius 3 is 2.56 bits per heavy atom. The number of H-pyrrole nitrogens is 1. The van der Waals surface area contributed by atoms with Crippen molar-refractivity contribution < 1.29 is 16.8 Å². The van der Waals surface area contributed by atoms with Gasteiger partial charge in [-0.2, -0.15) is 0 Å². The number of nitrogens with one attached hydrogen (secondary N) is 1. The molecule has 184 valence electrons. The van der Waals surface area contributed by atoms with Gasteiger partial charge in [-0.05, 0) is 49.7 Å². The number of rotatable bonds is 6. The zero-order valence-electron chi connectivity index (χ0n) is 18.9. The Bertz CT molecular complexity index is 1400. The summed E-state index contributed by atoms with van der Waals surface area (Å²) in [4.78, 5) is 14.3. The maximum absolute atomic E-state index is 13.1. The standard InChI is InChI=1S/C22H30N6O4S2/c23-33(29,30)14-17-2-1-9-28(13-17)34(31,32)15-16-5-10-27(11-6-16)20-4-8-24-19-12-26-22-18(21(19)20)3-7-25-22/h3-4,7-8,12,16-17,24H,1-2,5-6,9-11,13-15H2,(H2,23,29,30). The van der Waals surface area contributed by atoms with Crippen molar-refractivity contribution in [3.8, 4) is 0 Å². The number of nitrogens with zero attached hydrogens (tertiary/aromatic N) is 4. The molecule has 2 aliphatic rings. The summed E-state index contributed by atoms with van der Waals surface area (Å²) in [6, 6.07) is 4.04. The van der Waals surface area contributed by atoms with E-state index >= 15 is 0 Å². The predicted octanol–water partition coefficient (Wildman–Crippen LogP) is 1.66. The van der Waals surface area contributed by atoms with Gasteiger partial charge in [0.15, 0.2) is 5.65 Å². The minimum atomic E-state index is -3.62. The van der Waals surface area contributed by atoms with Gasteiger partial charge in [0.25, 0.3) is 0 Å². The lowest BCUT2D eigenvalue weighted by Gasteiger charge is -2.36. The quantitative estimate of drug-likeness (QED) is 0.518. The number of fused-ring (bicyclic) bond motifs is 3. The molecule has 3 aromatic rings. The van der Waals surface area contributed by atoms with Crippen LogP contribution >= 0.6 is 0 Å². The van der Waals surface area contributed by atoms with Crippen molar-refractivity contribution in [3.63, 3.8) is 0 Å². The Kier molecular flexibility index (Phi) is 6.25. The van der Waals surface area contributed by atoms with Crippen LogP contribution < -0.4 is 10.0 Å². The molecule has 0 saturated carbocycles. The van der Waals surface area contributed by atoms with Crippen LogP contribution in [0.3, 0.4) is 0 Å². The Balaban J connectivity index is 1.26. The Morgan fingerprint density at radius 1 is 1.00 bits per heavy atom. The van der Waals surface area contributed by atoms with Crippen molar-refractivity contribution in [2.45, 2.75) is 25.7 Å². The molecule has 34 heavy (non-hydrogen) atoms. The number of aromatic amines is 1. The lowest BCUT2D eigenvalue weighted by molar-refractivity contribution is 0.279. The second kappa shape index (κ2) is 9.06. The van der Waals surface area contributed by atoms with Crippen LogP contribution in [0.25, 0.3) is 21.9 Å². The molecule has 2 saturated heterocycles. The van der Waals surface area contributed by atoms with E-state index in [4.69, 9.17) is 5.14 Å². The molecule has 0 bridgehead atoms. The summed E-state index contributed by atoms with van der Waals surface area (Å²) in [5.41, 5.74) is 2.77. The van der Waals surface area contributed by atoms with E-state index in [-0.39, 0.29) is 29.9 Å². The minimum Gasteiger partial charge on any atom is -0.371 e. The van der Waals surface area contributed by atoms with E-state index in [1.807, 2.05) is 12.3 Å². The monoisotopic (exact) mass is 506 g/mol. The van der Waals surface area contributed by atoms with Gasteiger partial charge in [0.1, 0.15) is 0 Å². The van der Waals surface area contributed by atoms with E-state index in [2.05, 4.69) is 25.9 Å². The van der Waals surface area contributed by atoms with E-state index in [9.17, 15) is 16.8 Å². The van der Waals surface area contributed by atoms with Gasteiger partial charge in [-0.3, -0.25) is 0 Å². The second-order valence-corrected chi connectivity index (χ2v) is 13.2. The van der Waals surface area contributed by atoms with Gasteiger partial charge in [0, 0.05) is 55.0 Å². The minimum absolute atomic E-state index is 0.0729. The molecule has 1 atom stereocenters. The largest absolute Gasteiger partial charge is 0.371 e. The Labute approximate surface area is 199 Å². The molecule has 0 radical (unpaired) electrons. The molecular formula is C22H30N6O4S2. The van der Waals surface area contributed by atoms with Crippen LogP contribution in [0.1, 0.15) is 25.7 Å². The molecule has 0 aromatic carbocycles. The van der Waals surface area contributed by atoms with Gasteiger partial charge in [0.2, 0.25) is 20.0 Å². The third-order valence-electron chi connectivity index (χ3n) is 7.01. The highest BCUT2D eigenvalue weighted by Crippen LogP contribution is 2.34. The Hall–Kier alpha value is -2.28. The van der Waals surface area contributed by atoms with Gasteiger partial charge < -0.3 is 9.88 Å². The van der Waals surface area contributed by atoms with Gasteiger partial charge in [-0.15, -0.1) is 0 Å². The van der Waals surface area contributed by atoms with E-state index in [0.717, 1.165) is 53.6 Å². The first-order valence-corrected chi connectivity index (χ1v) is 15.0. The summed E-state index contributed by atoms with van der Waals surface area (Å²) in [6.45, 7) is 2.23. The number of nitrogens with two attached hydrogens (primary N) is 1. The number of piperidine rings is 2. The molecule has 10 nitrogen and oxygen atoms in total. The van der Waals surface area contributed by atoms with Crippen LogP contribution in [0, 0.1) is 11.8 Å². The highest BCUT2D eigenvalue weighted by molar-refractivity contribution is 7.89. The van der Waals surface area contributed by atoms with Crippen molar-refractivity contribution in [1.82, 2.24) is 19.3 Å². The van der Waals surface area contributed by atoms with E-state index in [1.165, 1.54) is 4.31 Å². The number of aromatic nitrogens is 3. The molecule has 0 amide bonds. The highest BCUT2D eigenvalue weighted by Gasteiger charge is 2.33. The molecule has 3 aromatic heterocycles. The first kappa shape index (κ1) is 23.5. The zero-order chi connectivity index (χ0) is 23.9. The summed E-state index contributed by atoms with van der Waals surface area (Å²) in [7, 11) is -7.07. The van der Waals surface area contributed by atoms with Gasteiger partial charge >= 0.3 is 0 Å². The van der Waals surface area contributed by atoms with Crippen LogP contribution in [-0.4, -0.2) is 73.8 Å². The van der Waals surface area contributed by atoms with Crippen molar-refractivity contribution in [2.75, 3.05) is 42.6 Å². The second-order valence-electron chi connectivity index (χ2n) is 9.50. The first-order chi connectivity index (χ1) is 16.2. The number of primary sulfonamides is 1. The van der Waals surface area contributed by atoms with Crippen LogP contribution in [-0.2, 0) is 20.0 Å². The number of pyridine rings is 2. The summed E-state index contributed by atoms with van der Waals surface area (Å²) < 4.78 is 50.6. The maximum atomic E-state index is 13.1. The lowest BCUT2D eigenvalue weighted by Crippen LogP contribution is -2.45. The Morgan fingerprint density at radius 2 is 1.79 bits per heavy atom. The molecule has 5 rings (SSSR count). The van der Waals surface area contributed by atoms with Crippen molar-refractivity contribution >= 4 is 47.7 Å². The smallest absolute Gasteiger partial charge is 0.214 e. The van der Waals surface area contributed by atoms with Gasteiger partial charge in [-0.25, -0.2) is 36.2 Å². The number of hydrogen-bond acceptors (Lipinski definition) is 7. The fourth-order valence-electron chi connectivity index (χ4n) is 5.39. The third kappa shape index (κ3) is 4.90. The molecular weight excluding hydrogens is 476 g/mol. The van der Waals surface area contributed by atoms with E-state index < -0.39 is 20.0 Å². The van der Waals surface area contributed by atoms with Crippen molar-refractivity contribution in [3.05, 3.63) is 30.7 Å². The number of sulfonamides is 2. The molecule has 3 N–H and O–H groups in total. The summed E-state index contributed by atoms with van der Waals surface area (Å²) in [5, 5.41) is 7.28. The van der Waals surface area contributed by atoms with Gasteiger partial charge in [0.05, 0.1) is 23.2 Å². The van der Waals surface area contributed by atoms with Crippen LogP contribution in [0.5, 0.6) is 0 Å². The van der Waals surface area contributed by atoms with Crippen LogP contribution in [0.15, 0.2) is 30.7 Å². The van der Waals surface area contributed by atoms with E-state index in [0.29, 0.717) is 19.4 Å². The van der Waals surface area contributed by atoms with Crippen LogP contribution in [0.4, 0.5) is 5.69 Å². The van der Waals surface area contributed by atoms with E-state index in [1.54, 1.807) is 12.4 Å². The number of hydrogen-bond donors (Lipinski definition) is 2. The van der Waals surface area contributed by atoms with Crippen molar-refractivity contribution in [1.29, 1.82) is 0 Å². The fraction of sp³-hybridized carbons (Fsp3) is 0.545. The van der Waals surface area contributed by atoms with Crippen LogP contribution in [0.2, 0.25) is 0 Å². The fourth-order valence-corrected chi connectivity index (χ4v) is 8.30. The molecule has 2 fully saturated rings. The summed E-state index contributed by atoms with van der Waals surface area (Å²) >= 11 is 0. The molecule has 0 aliphatic carbocycles. The molecule has 0 spiro atoms. The molecule has 5 heterocycles. The lowest BCUT2D eigenvalue weighted by atomic mass is 9.98. The van der Waals surface area contributed by atoms with Crippen molar-refractivity contribution in [2.24, 2.45) is 17.0 Å². The highest BCUT2D eigenvalue weighted by atomic mass is 32.2. The molecule has 12 heteroatoms. The number of anilines is 1. The summed E-state index contributed by atoms with van der Waals surface area (Å²) in [5.74, 6) is -0.224. The topological polar surface area (TPSA) is 142 Å². The normalized spacial score (nSPS) is 21.4. The average molecular weight is 507 g/mol. The maximum Gasteiger partial charge on any atom is 0.214 e. The third-order valence-corrected chi connectivity index (χ3v) is 9.96. The first-order valence-electron chi connectivity index (χ1n) is 11.6. The SMILES string of the molecule is NS(=O)(=O)CC1CCCN(S(=O)(=O)CC2CCN(c3cc[nH]c4cnc5nccc5c34)CC2)C1. The summed E-state index contributed by atoms with van der Waals surface area (Å²) in [6.07, 6.45) is 8.38. The predicted molar refractivity (Wildman–Crippen MR) is 132 cm³/mol.